The molecule has 1 amide bonds. The lowest BCUT2D eigenvalue weighted by Gasteiger charge is -2.36. The fraction of sp³-hybridized carbons (Fsp3) is 0.385. The third kappa shape index (κ3) is 3.40. The van der Waals surface area contributed by atoms with Crippen molar-refractivity contribution in [2.24, 2.45) is 5.73 Å². The van der Waals surface area contributed by atoms with Crippen LogP contribution in [0.1, 0.15) is 10.4 Å². The molecule has 108 valence electrons. The average molecular weight is 298 g/mol. The van der Waals surface area contributed by atoms with Crippen molar-refractivity contribution < 1.29 is 14.7 Å². The number of primary amides is 1. The smallest absolute Gasteiger partial charge is 0.317 e. The summed E-state index contributed by atoms with van der Waals surface area (Å²) in [4.78, 5) is 26.0. The molecule has 0 unspecified atom stereocenters. The molecule has 0 bridgehead atoms. The molecule has 0 atom stereocenters. The van der Waals surface area contributed by atoms with E-state index in [2.05, 4.69) is 0 Å². The molecule has 0 aromatic heterocycles. The molecule has 1 aromatic carbocycles. The number of anilines is 1. The maximum Gasteiger partial charge on any atom is 0.317 e. The number of carbonyl (C=O) groups is 2. The molecule has 0 spiro atoms. The van der Waals surface area contributed by atoms with Crippen molar-refractivity contribution in [1.29, 1.82) is 0 Å². The number of halogens is 1. The number of aliphatic carboxylic acids is 1. The van der Waals surface area contributed by atoms with Gasteiger partial charge in [0.2, 0.25) is 0 Å². The van der Waals surface area contributed by atoms with Gasteiger partial charge in [0.25, 0.3) is 5.91 Å². The lowest BCUT2D eigenvalue weighted by Crippen LogP contribution is -2.48. The Bertz CT molecular complexity index is 528. The molecule has 7 heteroatoms. The summed E-state index contributed by atoms with van der Waals surface area (Å²) in [6, 6.07) is 4.96. The van der Waals surface area contributed by atoms with E-state index in [1.807, 2.05) is 9.80 Å². The van der Waals surface area contributed by atoms with Gasteiger partial charge < -0.3 is 15.7 Å². The van der Waals surface area contributed by atoms with Gasteiger partial charge in [-0.2, -0.15) is 0 Å². The third-order valence-corrected chi connectivity index (χ3v) is 3.53. The van der Waals surface area contributed by atoms with E-state index < -0.39 is 11.9 Å². The van der Waals surface area contributed by atoms with Gasteiger partial charge in [0, 0.05) is 31.2 Å². The first-order valence-corrected chi connectivity index (χ1v) is 6.63. The standard InChI is InChI=1S/C13H16ClN3O3/c14-9-1-2-10(13(15)20)11(7-9)17-5-3-16(4-6-17)8-12(18)19/h1-2,7H,3-6,8H2,(H2,15,20)(H,18,19). The summed E-state index contributed by atoms with van der Waals surface area (Å²) in [6.07, 6.45) is 0. The maximum atomic E-state index is 11.4. The van der Waals surface area contributed by atoms with E-state index in [4.69, 9.17) is 22.4 Å². The average Bonchev–Trinajstić information content (AvgIpc) is 2.38. The highest BCUT2D eigenvalue weighted by Gasteiger charge is 2.22. The minimum Gasteiger partial charge on any atom is -0.480 e. The van der Waals surface area contributed by atoms with E-state index in [0.717, 1.165) is 0 Å². The maximum absolute atomic E-state index is 11.4. The summed E-state index contributed by atoms with van der Waals surface area (Å²) in [7, 11) is 0. The Morgan fingerprint density at radius 3 is 2.45 bits per heavy atom. The van der Waals surface area contributed by atoms with Crippen molar-refractivity contribution in [1.82, 2.24) is 4.90 Å². The van der Waals surface area contributed by atoms with Gasteiger partial charge in [-0.15, -0.1) is 0 Å². The first kappa shape index (κ1) is 14.6. The minimum atomic E-state index is -0.834. The van der Waals surface area contributed by atoms with E-state index in [1.54, 1.807) is 18.2 Å². The second-order valence-corrected chi connectivity index (χ2v) is 5.12. The number of hydrogen-bond acceptors (Lipinski definition) is 4. The molecule has 1 aliphatic rings. The van der Waals surface area contributed by atoms with Crippen LogP contribution in [0.2, 0.25) is 5.02 Å². The van der Waals surface area contributed by atoms with E-state index in [0.29, 0.717) is 42.5 Å². The zero-order valence-electron chi connectivity index (χ0n) is 10.9. The Morgan fingerprint density at radius 1 is 1.25 bits per heavy atom. The second kappa shape index (κ2) is 6.11. The van der Waals surface area contributed by atoms with E-state index in [1.165, 1.54) is 0 Å². The Labute approximate surface area is 121 Å². The molecule has 0 saturated carbocycles. The number of piperazine rings is 1. The lowest BCUT2D eigenvalue weighted by molar-refractivity contribution is -0.138. The zero-order chi connectivity index (χ0) is 14.7. The SMILES string of the molecule is NC(=O)c1ccc(Cl)cc1N1CCN(CC(=O)O)CC1. The Morgan fingerprint density at radius 2 is 1.90 bits per heavy atom. The topological polar surface area (TPSA) is 86.9 Å². The van der Waals surface area contributed by atoms with Gasteiger partial charge in [-0.05, 0) is 18.2 Å². The highest BCUT2D eigenvalue weighted by atomic mass is 35.5. The summed E-state index contributed by atoms with van der Waals surface area (Å²) < 4.78 is 0. The molecule has 0 aliphatic carbocycles. The number of carboxylic acid groups (broad SMARTS) is 1. The number of carbonyl (C=O) groups excluding carboxylic acids is 1. The molecule has 0 radical (unpaired) electrons. The number of carboxylic acids is 1. The first-order chi connectivity index (χ1) is 9.47. The summed E-state index contributed by atoms with van der Waals surface area (Å²) in [5, 5.41) is 9.31. The zero-order valence-corrected chi connectivity index (χ0v) is 11.6. The van der Waals surface area contributed by atoms with Crippen molar-refractivity contribution in [2.45, 2.75) is 0 Å². The third-order valence-electron chi connectivity index (χ3n) is 3.30. The summed E-state index contributed by atoms with van der Waals surface area (Å²) in [5.41, 5.74) is 6.51. The predicted octanol–water partition coefficient (Wildman–Crippen LogP) is 0.645. The van der Waals surface area contributed by atoms with Gasteiger partial charge in [0.05, 0.1) is 17.8 Å². The van der Waals surface area contributed by atoms with Crippen molar-refractivity contribution in [3.8, 4) is 0 Å². The fourth-order valence-electron chi connectivity index (χ4n) is 2.31. The number of rotatable bonds is 4. The van der Waals surface area contributed by atoms with Crippen LogP contribution in [0, 0.1) is 0 Å². The summed E-state index contributed by atoms with van der Waals surface area (Å²) >= 11 is 5.97. The van der Waals surface area contributed by atoms with Crippen LogP contribution in [-0.2, 0) is 4.79 Å². The molecule has 20 heavy (non-hydrogen) atoms. The highest BCUT2D eigenvalue weighted by molar-refractivity contribution is 6.31. The Balaban J connectivity index is 2.12. The minimum absolute atomic E-state index is 0.0338. The van der Waals surface area contributed by atoms with Crippen molar-refractivity contribution in [2.75, 3.05) is 37.6 Å². The van der Waals surface area contributed by atoms with E-state index >= 15 is 0 Å². The van der Waals surface area contributed by atoms with Crippen LogP contribution in [0.3, 0.4) is 0 Å². The largest absolute Gasteiger partial charge is 0.480 e. The number of benzene rings is 1. The van der Waals surface area contributed by atoms with E-state index in [-0.39, 0.29) is 6.54 Å². The van der Waals surface area contributed by atoms with E-state index in [9.17, 15) is 9.59 Å². The van der Waals surface area contributed by atoms with Crippen LogP contribution in [0.5, 0.6) is 0 Å². The molecule has 1 saturated heterocycles. The molecule has 1 fully saturated rings. The van der Waals surface area contributed by atoms with Gasteiger partial charge in [0.15, 0.2) is 0 Å². The number of hydrogen-bond donors (Lipinski definition) is 2. The van der Waals surface area contributed by atoms with Crippen LogP contribution in [-0.4, -0.2) is 54.6 Å². The van der Waals surface area contributed by atoms with Crippen molar-refractivity contribution in [3.05, 3.63) is 28.8 Å². The van der Waals surface area contributed by atoms with Gasteiger partial charge in [0.1, 0.15) is 0 Å². The molecule has 3 N–H and O–H groups in total. The van der Waals surface area contributed by atoms with Gasteiger partial charge in [-0.1, -0.05) is 11.6 Å². The van der Waals surface area contributed by atoms with Gasteiger partial charge in [-0.3, -0.25) is 14.5 Å². The molecule has 6 nitrogen and oxygen atoms in total. The molecular weight excluding hydrogens is 282 g/mol. The quantitative estimate of drug-likeness (QED) is 0.852. The number of nitrogens with zero attached hydrogens (tertiary/aromatic N) is 2. The molecular formula is C13H16ClN3O3. The van der Waals surface area contributed by atoms with Crippen LogP contribution >= 0.6 is 11.6 Å². The highest BCUT2D eigenvalue weighted by Crippen LogP contribution is 2.25. The molecule has 1 aromatic rings. The van der Waals surface area contributed by atoms with Crippen molar-refractivity contribution >= 4 is 29.2 Å². The van der Waals surface area contributed by atoms with Crippen LogP contribution < -0.4 is 10.6 Å². The normalized spacial score (nSPS) is 16.1. The van der Waals surface area contributed by atoms with Crippen LogP contribution in [0.4, 0.5) is 5.69 Å². The first-order valence-electron chi connectivity index (χ1n) is 6.26. The second-order valence-electron chi connectivity index (χ2n) is 4.68. The van der Waals surface area contributed by atoms with Crippen LogP contribution in [0.15, 0.2) is 18.2 Å². The van der Waals surface area contributed by atoms with Crippen molar-refractivity contribution in [3.63, 3.8) is 0 Å². The Hall–Kier alpha value is -1.79. The Kier molecular flexibility index (Phi) is 4.46. The fourth-order valence-corrected chi connectivity index (χ4v) is 2.48. The molecule has 1 aliphatic heterocycles. The molecule has 1 heterocycles. The lowest BCUT2D eigenvalue weighted by atomic mass is 10.1. The summed E-state index contributed by atoms with van der Waals surface area (Å²) in [5.74, 6) is -1.33. The number of nitrogens with two attached hydrogens (primary N) is 1. The molecule has 2 rings (SSSR count). The van der Waals surface area contributed by atoms with Gasteiger partial charge >= 0.3 is 5.97 Å². The monoisotopic (exact) mass is 297 g/mol. The summed E-state index contributed by atoms with van der Waals surface area (Å²) in [6.45, 7) is 2.54. The number of amides is 1. The van der Waals surface area contributed by atoms with Crippen LogP contribution in [0.25, 0.3) is 0 Å². The van der Waals surface area contributed by atoms with Gasteiger partial charge in [-0.25, -0.2) is 0 Å². The predicted molar refractivity (Wildman–Crippen MR) is 76.3 cm³/mol.